The maximum Gasteiger partial charge on any atom is 0.274 e. The van der Waals surface area contributed by atoms with E-state index >= 15 is 0 Å². The van der Waals surface area contributed by atoms with Gasteiger partial charge in [-0.15, -0.1) is 0 Å². The molecule has 0 aromatic carbocycles. The Balaban J connectivity index is 2.11. The van der Waals surface area contributed by atoms with Crippen molar-refractivity contribution in [3.05, 3.63) is 35.4 Å². The highest BCUT2D eigenvalue weighted by molar-refractivity contribution is 5.92. The van der Waals surface area contributed by atoms with Crippen LogP contribution in [0.15, 0.2) is 18.3 Å². The van der Waals surface area contributed by atoms with Gasteiger partial charge in [-0.05, 0) is 26.0 Å². The van der Waals surface area contributed by atoms with Gasteiger partial charge in [0.05, 0.1) is 12.2 Å². The number of amides is 1. The molecule has 0 N–H and O–H groups in total. The number of carbonyl (C=O) groups excluding carboxylic acids is 1. The van der Waals surface area contributed by atoms with Crippen LogP contribution in [-0.2, 0) is 20.1 Å². The Morgan fingerprint density at radius 2 is 2.21 bits per heavy atom. The van der Waals surface area contributed by atoms with E-state index in [9.17, 15) is 4.79 Å². The van der Waals surface area contributed by atoms with Crippen molar-refractivity contribution in [1.29, 1.82) is 0 Å². The molecule has 102 valence electrons. The number of hydrogen-bond acceptors (Lipinski definition) is 3. The summed E-state index contributed by atoms with van der Waals surface area (Å²) in [5, 5.41) is 8.40. The highest BCUT2D eigenvalue weighted by Gasteiger charge is 2.17. The summed E-state index contributed by atoms with van der Waals surface area (Å²) in [6.07, 6.45) is 1.75. The number of nitrogens with zero attached hydrogens (tertiary/aromatic N) is 5. The van der Waals surface area contributed by atoms with Crippen LogP contribution in [0.1, 0.15) is 28.8 Å². The molecule has 2 aromatic rings. The predicted octanol–water partition coefficient (Wildman–Crippen LogP) is 1.22. The van der Waals surface area contributed by atoms with Gasteiger partial charge in [0.25, 0.3) is 5.91 Å². The van der Waals surface area contributed by atoms with E-state index < -0.39 is 0 Å². The van der Waals surface area contributed by atoms with Crippen LogP contribution in [0.5, 0.6) is 0 Å². The molecule has 2 rings (SSSR count). The average Bonchev–Trinajstić information content (AvgIpc) is 2.96. The molecule has 2 aromatic heterocycles. The Hall–Kier alpha value is -2.11. The van der Waals surface area contributed by atoms with E-state index in [1.165, 1.54) is 0 Å². The van der Waals surface area contributed by atoms with Crippen LogP contribution in [0.25, 0.3) is 0 Å². The Morgan fingerprint density at radius 3 is 2.79 bits per heavy atom. The number of carbonyl (C=O) groups is 1. The van der Waals surface area contributed by atoms with Gasteiger partial charge in [0.15, 0.2) is 5.69 Å². The molecule has 19 heavy (non-hydrogen) atoms. The first-order valence-electron chi connectivity index (χ1n) is 6.29. The van der Waals surface area contributed by atoms with Crippen molar-refractivity contribution >= 4 is 5.91 Å². The molecule has 6 nitrogen and oxygen atoms in total. The van der Waals surface area contributed by atoms with Gasteiger partial charge in [0.1, 0.15) is 0 Å². The molecule has 0 aliphatic carbocycles. The largest absolute Gasteiger partial charge is 0.334 e. The molecule has 0 saturated carbocycles. The third kappa shape index (κ3) is 2.67. The third-order valence-corrected chi connectivity index (χ3v) is 3.18. The quantitative estimate of drug-likeness (QED) is 0.831. The molecule has 0 unspecified atom stereocenters. The molecule has 0 aliphatic heterocycles. The smallest absolute Gasteiger partial charge is 0.274 e. The van der Waals surface area contributed by atoms with Gasteiger partial charge < -0.3 is 4.90 Å². The first kappa shape index (κ1) is 13.3. The Labute approximate surface area is 112 Å². The van der Waals surface area contributed by atoms with Crippen molar-refractivity contribution in [3.8, 4) is 0 Å². The lowest BCUT2D eigenvalue weighted by atomic mass is 10.3. The fourth-order valence-corrected chi connectivity index (χ4v) is 1.95. The summed E-state index contributed by atoms with van der Waals surface area (Å²) in [5.41, 5.74) is 2.46. The van der Waals surface area contributed by atoms with Crippen molar-refractivity contribution in [2.75, 3.05) is 7.05 Å². The molecule has 0 atom stereocenters. The zero-order valence-electron chi connectivity index (χ0n) is 11.8. The fraction of sp³-hybridized carbons (Fsp3) is 0.462. The van der Waals surface area contributed by atoms with Crippen LogP contribution in [0.2, 0.25) is 0 Å². The van der Waals surface area contributed by atoms with Gasteiger partial charge in [0.2, 0.25) is 0 Å². The lowest BCUT2D eigenvalue weighted by Gasteiger charge is -2.16. The maximum absolute atomic E-state index is 12.3. The van der Waals surface area contributed by atoms with E-state index in [4.69, 9.17) is 0 Å². The molecule has 0 fully saturated rings. The summed E-state index contributed by atoms with van der Waals surface area (Å²) in [7, 11) is 3.61. The summed E-state index contributed by atoms with van der Waals surface area (Å²) in [4.78, 5) is 13.9. The van der Waals surface area contributed by atoms with Crippen LogP contribution >= 0.6 is 0 Å². The highest BCUT2D eigenvalue weighted by Crippen LogP contribution is 2.08. The van der Waals surface area contributed by atoms with Crippen molar-refractivity contribution in [1.82, 2.24) is 24.5 Å². The number of aryl methyl sites for hydroxylation is 3. The first-order valence-corrected chi connectivity index (χ1v) is 6.29. The highest BCUT2D eigenvalue weighted by atomic mass is 16.2. The van der Waals surface area contributed by atoms with Crippen LogP contribution in [-0.4, -0.2) is 37.4 Å². The second kappa shape index (κ2) is 5.26. The number of aromatic nitrogens is 4. The zero-order valence-corrected chi connectivity index (χ0v) is 11.8. The van der Waals surface area contributed by atoms with E-state index in [-0.39, 0.29) is 5.91 Å². The van der Waals surface area contributed by atoms with Gasteiger partial charge in [-0.3, -0.25) is 14.2 Å². The van der Waals surface area contributed by atoms with Gasteiger partial charge in [-0.25, -0.2) is 0 Å². The second-order valence-electron chi connectivity index (χ2n) is 4.59. The van der Waals surface area contributed by atoms with E-state index in [1.54, 1.807) is 28.9 Å². The summed E-state index contributed by atoms with van der Waals surface area (Å²) < 4.78 is 3.59. The molecular formula is C13H19N5O. The van der Waals surface area contributed by atoms with Gasteiger partial charge >= 0.3 is 0 Å². The lowest BCUT2D eigenvalue weighted by molar-refractivity contribution is 0.0775. The summed E-state index contributed by atoms with van der Waals surface area (Å²) in [5.74, 6) is -0.0763. The number of hydrogen-bond donors (Lipinski definition) is 0. The van der Waals surface area contributed by atoms with Crippen LogP contribution < -0.4 is 0 Å². The van der Waals surface area contributed by atoms with Crippen LogP contribution in [0.4, 0.5) is 0 Å². The Kier molecular flexibility index (Phi) is 3.69. The van der Waals surface area contributed by atoms with Gasteiger partial charge in [0, 0.05) is 32.5 Å². The standard InChI is InChI=1S/C13H19N5O/c1-5-18-11(6-7-14-18)9-16(3)13(19)12-8-10(2)17(4)15-12/h6-8H,5,9H2,1-4H3. The lowest BCUT2D eigenvalue weighted by Crippen LogP contribution is -2.27. The molecular weight excluding hydrogens is 242 g/mol. The zero-order chi connectivity index (χ0) is 14.0. The summed E-state index contributed by atoms with van der Waals surface area (Å²) in [6, 6.07) is 3.73. The van der Waals surface area contributed by atoms with Crippen LogP contribution in [0.3, 0.4) is 0 Å². The fourth-order valence-electron chi connectivity index (χ4n) is 1.95. The molecule has 0 radical (unpaired) electrons. The van der Waals surface area contributed by atoms with Crippen molar-refractivity contribution in [3.63, 3.8) is 0 Å². The second-order valence-corrected chi connectivity index (χ2v) is 4.59. The molecule has 6 heteroatoms. The molecule has 2 heterocycles. The minimum Gasteiger partial charge on any atom is -0.334 e. The SMILES string of the molecule is CCn1nccc1CN(C)C(=O)c1cc(C)n(C)n1. The maximum atomic E-state index is 12.3. The van der Waals surface area contributed by atoms with E-state index in [0.717, 1.165) is 17.9 Å². The average molecular weight is 261 g/mol. The third-order valence-electron chi connectivity index (χ3n) is 3.18. The summed E-state index contributed by atoms with van der Waals surface area (Å²) in [6.45, 7) is 5.28. The summed E-state index contributed by atoms with van der Waals surface area (Å²) >= 11 is 0. The van der Waals surface area contributed by atoms with E-state index in [1.807, 2.05) is 31.6 Å². The molecule has 0 saturated heterocycles. The molecule has 1 amide bonds. The Morgan fingerprint density at radius 1 is 1.47 bits per heavy atom. The molecule has 0 aliphatic rings. The van der Waals surface area contributed by atoms with Gasteiger partial charge in [-0.2, -0.15) is 10.2 Å². The molecule has 0 bridgehead atoms. The minimum atomic E-state index is -0.0763. The van der Waals surface area contributed by atoms with Crippen molar-refractivity contribution in [2.45, 2.75) is 26.9 Å². The van der Waals surface area contributed by atoms with Crippen molar-refractivity contribution in [2.24, 2.45) is 7.05 Å². The Bertz CT molecular complexity index is 564. The van der Waals surface area contributed by atoms with Crippen LogP contribution in [0, 0.1) is 6.92 Å². The van der Waals surface area contributed by atoms with E-state index in [2.05, 4.69) is 10.2 Å². The predicted molar refractivity (Wildman–Crippen MR) is 71.6 cm³/mol. The minimum absolute atomic E-state index is 0.0763. The van der Waals surface area contributed by atoms with Gasteiger partial charge in [-0.1, -0.05) is 0 Å². The first-order chi connectivity index (χ1) is 9.02. The monoisotopic (exact) mass is 261 g/mol. The molecule has 0 spiro atoms. The van der Waals surface area contributed by atoms with E-state index in [0.29, 0.717) is 12.2 Å². The topological polar surface area (TPSA) is 56.0 Å². The normalized spacial score (nSPS) is 10.7. The van der Waals surface area contributed by atoms with Crippen molar-refractivity contribution < 1.29 is 4.79 Å². The number of rotatable bonds is 4.